The van der Waals surface area contributed by atoms with Gasteiger partial charge in [-0.3, -0.25) is 4.79 Å². The summed E-state index contributed by atoms with van der Waals surface area (Å²) in [5.74, 6) is -0.140. The standard InChI is InChI=1S/C16H35N3O2/c1-6-18(7-2)12-10-13-19(8-3)14-11-15(17-5)16(20)21-9-4/h15,17H,6-14H2,1-5H3. The van der Waals surface area contributed by atoms with Gasteiger partial charge in [0.05, 0.1) is 6.61 Å². The molecule has 1 N–H and O–H groups in total. The van der Waals surface area contributed by atoms with Crippen molar-refractivity contribution in [3.8, 4) is 0 Å². The van der Waals surface area contributed by atoms with E-state index >= 15 is 0 Å². The Kier molecular flexibility index (Phi) is 12.6. The van der Waals surface area contributed by atoms with Crippen molar-refractivity contribution in [3.63, 3.8) is 0 Å². The SMILES string of the molecule is CCOC(=O)C(CCN(CC)CCCN(CC)CC)NC. The molecule has 0 heterocycles. The molecule has 5 nitrogen and oxygen atoms in total. The Morgan fingerprint density at radius 2 is 1.57 bits per heavy atom. The van der Waals surface area contributed by atoms with Gasteiger partial charge in [0.1, 0.15) is 6.04 Å². The van der Waals surface area contributed by atoms with Crippen LogP contribution in [-0.4, -0.2) is 74.7 Å². The summed E-state index contributed by atoms with van der Waals surface area (Å²) in [6, 6.07) is -0.193. The number of ether oxygens (including phenoxy) is 1. The van der Waals surface area contributed by atoms with Crippen LogP contribution >= 0.6 is 0 Å². The Labute approximate surface area is 131 Å². The van der Waals surface area contributed by atoms with Gasteiger partial charge in [0.25, 0.3) is 0 Å². The zero-order chi connectivity index (χ0) is 16.1. The lowest BCUT2D eigenvalue weighted by atomic mass is 10.2. The van der Waals surface area contributed by atoms with Gasteiger partial charge in [-0.25, -0.2) is 0 Å². The Morgan fingerprint density at radius 3 is 2.05 bits per heavy atom. The third kappa shape index (κ3) is 9.06. The highest BCUT2D eigenvalue weighted by Gasteiger charge is 2.18. The van der Waals surface area contributed by atoms with Crippen LogP contribution in [0.3, 0.4) is 0 Å². The molecule has 0 fully saturated rings. The summed E-state index contributed by atoms with van der Waals surface area (Å²) in [4.78, 5) is 16.6. The molecule has 0 saturated heterocycles. The van der Waals surface area contributed by atoms with E-state index in [9.17, 15) is 4.79 Å². The van der Waals surface area contributed by atoms with Crippen LogP contribution < -0.4 is 5.32 Å². The van der Waals surface area contributed by atoms with Gasteiger partial charge in [-0.05, 0) is 59.5 Å². The van der Waals surface area contributed by atoms with Gasteiger partial charge in [0.2, 0.25) is 0 Å². The van der Waals surface area contributed by atoms with Crippen LogP contribution in [0.4, 0.5) is 0 Å². The van der Waals surface area contributed by atoms with Crippen molar-refractivity contribution in [3.05, 3.63) is 0 Å². The minimum atomic E-state index is -0.193. The Bertz CT molecular complexity index is 258. The average Bonchev–Trinajstić information content (AvgIpc) is 2.50. The molecule has 0 radical (unpaired) electrons. The van der Waals surface area contributed by atoms with Crippen molar-refractivity contribution < 1.29 is 9.53 Å². The van der Waals surface area contributed by atoms with Crippen LogP contribution in [0.1, 0.15) is 40.5 Å². The van der Waals surface area contributed by atoms with Gasteiger partial charge >= 0.3 is 5.97 Å². The van der Waals surface area contributed by atoms with Crippen LogP contribution in [0.2, 0.25) is 0 Å². The minimum absolute atomic E-state index is 0.140. The number of likely N-dealkylation sites (N-methyl/N-ethyl adjacent to an activating group) is 1. The highest BCUT2D eigenvalue weighted by atomic mass is 16.5. The molecule has 0 aromatic rings. The first kappa shape index (κ1) is 20.3. The van der Waals surface area contributed by atoms with Gasteiger partial charge in [-0.15, -0.1) is 0 Å². The Morgan fingerprint density at radius 1 is 1.00 bits per heavy atom. The van der Waals surface area contributed by atoms with Crippen LogP contribution in [0.25, 0.3) is 0 Å². The van der Waals surface area contributed by atoms with Crippen molar-refractivity contribution in [1.82, 2.24) is 15.1 Å². The van der Waals surface area contributed by atoms with Gasteiger partial charge in [-0.1, -0.05) is 20.8 Å². The average molecular weight is 301 g/mol. The van der Waals surface area contributed by atoms with Crippen molar-refractivity contribution in [2.75, 3.05) is 52.9 Å². The second-order valence-corrected chi connectivity index (χ2v) is 5.20. The molecule has 1 atom stereocenters. The summed E-state index contributed by atoms with van der Waals surface area (Å²) in [7, 11) is 1.82. The second-order valence-electron chi connectivity index (χ2n) is 5.20. The molecule has 0 rings (SSSR count). The molecule has 0 amide bonds. The number of nitrogens with one attached hydrogen (secondary N) is 1. The molecule has 0 saturated carbocycles. The molecule has 126 valence electrons. The summed E-state index contributed by atoms with van der Waals surface area (Å²) < 4.78 is 5.08. The number of hydrogen-bond donors (Lipinski definition) is 1. The van der Waals surface area contributed by atoms with E-state index in [4.69, 9.17) is 4.74 Å². The van der Waals surface area contributed by atoms with Crippen molar-refractivity contribution >= 4 is 5.97 Å². The highest BCUT2D eigenvalue weighted by Crippen LogP contribution is 2.01. The molecule has 0 aromatic heterocycles. The van der Waals surface area contributed by atoms with Crippen LogP contribution in [0, 0.1) is 0 Å². The first-order valence-corrected chi connectivity index (χ1v) is 8.41. The maximum absolute atomic E-state index is 11.7. The van der Waals surface area contributed by atoms with Crippen LogP contribution in [0.5, 0.6) is 0 Å². The fraction of sp³-hybridized carbons (Fsp3) is 0.938. The van der Waals surface area contributed by atoms with E-state index in [0.717, 1.165) is 45.7 Å². The molecule has 5 heteroatoms. The van der Waals surface area contributed by atoms with E-state index in [1.54, 1.807) is 0 Å². The van der Waals surface area contributed by atoms with Gasteiger partial charge in [0, 0.05) is 6.54 Å². The second kappa shape index (κ2) is 13.0. The quantitative estimate of drug-likeness (QED) is 0.523. The summed E-state index contributed by atoms with van der Waals surface area (Å²) >= 11 is 0. The third-order valence-corrected chi connectivity index (χ3v) is 3.94. The summed E-state index contributed by atoms with van der Waals surface area (Å²) in [6.07, 6.45) is 1.98. The zero-order valence-corrected chi connectivity index (χ0v) is 14.7. The van der Waals surface area contributed by atoms with Gasteiger partial charge in [0.15, 0.2) is 0 Å². The van der Waals surface area contributed by atoms with E-state index in [2.05, 4.69) is 35.9 Å². The molecule has 0 aromatic carbocycles. The number of nitrogens with zero attached hydrogens (tertiary/aromatic N) is 2. The number of carbonyl (C=O) groups excluding carboxylic acids is 1. The lowest BCUT2D eigenvalue weighted by Gasteiger charge is -2.24. The fourth-order valence-corrected chi connectivity index (χ4v) is 2.42. The monoisotopic (exact) mass is 301 g/mol. The molecular formula is C16H35N3O2. The minimum Gasteiger partial charge on any atom is -0.465 e. The topological polar surface area (TPSA) is 44.8 Å². The summed E-state index contributed by atoms with van der Waals surface area (Å²) in [5, 5.41) is 3.05. The van der Waals surface area contributed by atoms with E-state index < -0.39 is 0 Å². The largest absolute Gasteiger partial charge is 0.465 e. The van der Waals surface area contributed by atoms with E-state index in [1.807, 2.05) is 14.0 Å². The van der Waals surface area contributed by atoms with Gasteiger partial charge in [-0.2, -0.15) is 0 Å². The van der Waals surface area contributed by atoms with Crippen molar-refractivity contribution in [1.29, 1.82) is 0 Å². The molecule has 0 aliphatic rings. The molecule has 21 heavy (non-hydrogen) atoms. The van der Waals surface area contributed by atoms with E-state index in [1.165, 1.54) is 6.42 Å². The highest BCUT2D eigenvalue weighted by molar-refractivity contribution is 5.75. The van der Waals surface area contributed by atoms with E-state index in [0.29, 0.717) is 6.61 Å². The Balaban J connectivity index is 4.04. The Hall–Kier alpha value is -0.650. The molecule has 0 aliphatic carbocycles. The number of rotatable bonds is 13. The van der Waals surface area contributed by atoms with Crippen LogP contribution in [-0.2, 0) is 9.53 Å². The predicted molar refractivity (Wildman–Crippen MR) is 88.6 cm³/mol. The summed E-state index contributed by atoms with van der Waals surface area (Å²) in [6.45, 7) is 15.3. The molecule has 1 unspecified atom stereocenters. The first-order chi connectivity index (χ1) is 10.1. The smallest absolute Gasteiger partial charge is 0.323 e. The first-order valence-electron chi connectivity index (χ1n) is 8.41. The van der Waals surface area contributed by atoms with Crippen LogP contribution in [0.15, 0.2) is 0 Å². The van der Waals surface area contributed by atoms with E-state index in [-0.39, 0.29) is 12.0 Å². The lowest BCUT2D eigenvalue weighted by molar-refractivity contribution is -0.145. The number of carbonyl (C=O) groups is 1. The number of hydrogen-bond acceptors (Lipinski definition) is 5. The predicted octanol–water partition coefficient (Wildman–Crippen LogP) is 1.58. The number of esters is 1. The molecule has 0 bridgehead atoms. The maximum atomic E-state index is 11.7. The fourth-order valence-electron chi connectivity index (χ4n) is 2.42. The third-order valence-electron chi connectivity index (χ3n) is 3.94. The van der Waals surface area contributed by atoms with Crippen molar-refractivity contribution in [2.45, 2.75) is 46.6 Å². The molecule has 0 spiro atoms. The zero-order valence-electron chi connectivity index (χ0n) is 14.7. The molecular weight excluding hydrogens is 266 g/mol. The lowest BCUT2D eigenvalue weighted by Crippen LogP contribution is -2.39. The normalized spacial score (nSPS) is 12.9. The van der Waals surface area contributed by atoms with Gasteiger partial charge < -0.3 is 19.9 Å². The van der Waals surface area contributed by atoms with Crippen molar-refractivity contribution in [2.24, 2.45) is 0 Å². The summed E-state index contributed by atoms with van der Waals surface area (Å²) in [5.41, 5.74) is 0. The molecule has 0 aliphatic heterocycles. The maximum Gasteiger partial charge on any atom is 0.323 e.